The van der Waals surface area contributed by atoms with Gasteiger partial charge in [0.25, 0.3) is 0 Å². The lowest BCUT2D eigenvalue weighted by Gasteiger charge is -2.31. The quantitative estimate of drug-likeness (QED) is 0.542. The minimum absolute atomic E-state index is 0.136. The summed E-state index contributed by atoms with van der Waals surface area (Å²) in [6.07, 6.45) is 2.13. The molecule has 180 valence electrons. The number of nitrogens with zero attached hydrogens (tertiary/aromatic N) is 2. The molecule has 0 aliphatic heterocycles. The highest BCUT2D eigenvalue weighted by atomic mass is 32.2. The van der Waals surface area contributed by atoms with E-state index >= 15 is 0 Å². The molecule has 0 saturated carbocycles. The van der Waals surface area contributed by atoms with E-state index in [1.807, 2.05) is 57.2 Å². The lowest BCUT2D eigenvalue weighted by molar-refractivity contribution is -0.141. The molecular formula is C25H35N3O4S. The third kappa shape index (κ3) is 7.32. The molecule has 0 unspecified atom stereocenters. The van der Waals surface area contributed by atoms with Crippen LogP contribution in [0.5, 0.6) is 0 Å². The molecule has 2 aromatic rings. The first kappa shape index (κ1) is 26.4. The highest BCUT2D eigenvalue weighted by molar-refractivity contribution is 7.92. The maximum atomic E-state index is 13.3. The topological polar surface area (TPSA) is 86.8 Å². The number of likely N-dealkylation sites (N-methyl/N-ethyl adjacent to an activating group) is 1. The minimum atomic E-state index is -3.51. The van der Waals surface area contributed by atoms with Crippen molar-refractivity contribution in [1.29, 1.82) is 0 Å². The summed E-state index contributed by atoms with van der Waals surface area (Å²) in [6, 6.07) is 14.5. The van der Waals surface area contributed by atoms with Crippen molar-refractivity contribution in [3.05, 3.63) is 65.2 Å². The van der Waals surface area contributed by atoms with Crippen LogP contribution >= 0.6 is 0 Å². The molecule has 0 radical (unpaired) electrons. The van der Waals surface area contributed by atoms with E-state index in [1.54, 1.807) is 24.1 Å². The zero-order valence-corrected chi connectivity index (χ0v) is 21.0. The van der Waals surface area contributed by atoms with E-state index in [2.05, 4.69) is 5.32 Å². The summed E-state index contributed by atoms with van der Waals surface area (Å²) in [5.41, 5.74) is 3.49. The van der Waals surface area contributed by atoms with Gasteiger partial charge in [0, 0.05) is 26.6 Å². The highest BCUT2D eigenvalue weighted by Crippen LogP contribution is 2.23. The number of amides is 2. The van der Waals surface area contributed by atoms with Gasteiger partial charge in [0.15, 0.2) is 0 Å². The Kier molecular flexibility index (Phi) is 9.46. The summed E-state index contributed by atoms with van der Waals surface area (Å²) in [5.74, 6) is -0.388. The van der Waals surface area contributed by atoms with Gasteiger partial charge in [-0.15, -0.1) is 0 Å². The number of hydrogen-bond acceptors (Lipinski definition) is 4. The van der Waals surface area contributed by atoms with E-state index < -0.39 is 16.1 Å². The van der Waals surface area contributed by atoms with E-state index in [1.165, 1.54) is 10.6 Å². The number of para-hydroxylation sites is 1. The predicted molar refractivity (Wildman–Crippen MR) is 132 cm³/mol. The minimum Gasteiger partial charge on any atom is -0.357 e. The molecule has 2 rings (SSSR count). The normalized spacial score (nSPS) is 12.2. The van der Waals surface area contributed by atoms with Crippen LogP contribution in [0.15, 0.2) is 48.5 Å². The van der Waals surface area contributed by atoms with Gasteiger partial charge in [-0.2, -0.15) is 0 Å². The summed E-state index contributed by atoms with van der Waals surface area (Å²) in [5, 5.41) is 2.65. The van der Waals surface area contributed by atoms with Gasteiger partial charge in [0.05, 0.1) is 11.9 Å². The number of nitrogens with one attached hydrogen (secondary N) is 1. The van der Waals surface area contributed by atoms with Gasteiger partial charge < -0.3 is 10.2 Å². The third-order valence-corrected chi connectivity index (χ3v) is 6.78. The van der Waals surface area contributed by atoms with E-state index in [9.17, 15) is 18.0 Å². The summed E-state index contributed by atoms with van der Waals surface area (Å²) in [7, 11) is -1.94. The molecule has 2 amide bonds. The summed E-state index contributed by atoms with van der Waals surface area (Å²) in [6.45, 7) is 6.22. The first-order valence-electron chi connectivity index (χ1n) is 11.2. The number of hydrogen-bond donors (Lipinski definition) is 1. The fourth-order valence-electron chi connectivity index (χ4n) is 3.92. The molecule has 1 N–H and O–H groups in total. The zero-order valence-electron chi connectivity index (χ0n) is 20.2. The number of rotatable bonds is 11. The maximum Gasteiger partial charge on any atom is 0.242 e. The molecule has 2 aromatic carbocycles. The molecule has 0 heterocycles. The molecule has 0 spiro atoms. The molecule has 0 aliphatic carbocycles. The van der Waals surface area contributed by atoms with Crippen LogP contribution in [0.4, 0.5) is 5.69 Å². The van der Waals surface area contributed by atoms with Crippen molar-refractivity contribution in [1.82, 2.24) is 10.2 Å². The van der Waals surface area contributed by atoms with Crippen molar-refractivity contribution in [3.63, 3.8) is 0 Å². The molecule has 7 nitrogen and oxygen atoms in total. The second kappa shape index (κ2) is 11.8. The summed E-state index contributed by atoms with van der Waals surface area (Å²) >= 11 is 0. The van der Waals surface area contributed by atoms with Crippen molar-refractivity contribution in [2.45, 2.75) is 52.6 Å². The van der Waals surface area contributed by atoms with Crippen molar-refractivity contribution in [2.24, 2.45) is 0 Å². The van der Waals surface area contributed by atoms with E-state index in [0.717, 1.165) is 16.7 Å². The van der Waals surface area contributed by atoms with Crippen LogP contribution in [0.2, 0.25) is 0 Å². The van der Waals surface area contributed by atoms with Crippen LogP contribution in [0.25, 0.3) is 0 Å². The highest BCUT2D eigenvalue weighted by Gasteiger charge is 2.28. The van der Waals surface area contributed by atoms with Crippen LogP contribution in [0.1, 0.15) is 42.9 Å². The predicted octanol–water partition coefficient (Wildman–Crippen LogP) is 3.40. The standard InChI is InChI=1S/C25H35N3O4S/c1-6-22(25(30)26-4)27(18-21-13-9-11-19(2)17-21)24(29)15-10-16-28(33(5,31)32)23-14-8-7-12-20(23)3/h7-9,11-14,17,22H,6,10,15-16,18H2,1-5H3,(H,26,30)/t22-/m1/s1. The molecule has 8 heteroatoms. The molecule has 0 fully saturated rings. The van der Waals surface area contributed by atoms with E-state index in [0.29, 0.717) is 25.1 Å². The average Bonchev–Trinajstić information content (AvgIpc) is 2.76. The largest absolute Gasteiger partial charge is 0.357 e. The van der Waals surface area contributed by atoms with Gasteiger partial charge in [0.2, 0.25) is 21.8 Å². The van der Waals surface area contributed by atoms with Gasteiger partial charge in [0.1, 0.15) is 6.04 Å². The van der Waals surface area contributed by atoms with Crippen molar-refractivity contribution in [2.75, 3.05) is 24.2 Å². The maximum absolute atomic E-state index is 13.3. The second-order valence-electron chi connectivity index (χ2n) is 8.27. The van der Waals surface area contributed by atoms with Crippen LogP contribution < -0.4 is 9.62 Å². The molecular weight excluding hydrogens is 438 g/mol. The summed E-state index contributed by atoms with van der Waals surface area (Å²) in [4.78, 5) is 27.4. The monoisotopic (exact) mass is 473 g/mol. The summed E-state index contributed by atoms with van der Waals surface area (Å²) < 4.78 is 26.2. The Morgan fingerprint density at radius 3 is 2.33 bits per heavy atom. The van der Waals surface area contributed by atoms with Crippen LogP contribution in [-0.4, -0.2) is 51.0 Å². The Morgan fingerprint density at radius 2 is 1.76 bits per heavy atom. The van der Waals surface area contributed by atoms with Gasteiger partial charge in [-0.1, -0.05) is 55.0 Å². The lowest BCUT2D eigenvalue weighted by Crippen LogP contribution is -2.48. The molecule has 0 saturated heterocycles. The Hall–Kier alpha value is -2.87. The Balaban J connectivity index is 2.20. The van der Waals surface area contributed by atoms with Gasteiger partial charge in [-0.3, -0.25) is 13.9 Å². The number of benzene rings is 2. The second-order valence-corrected chi connectivity index (χ2v) is 10.2. The first-order chi connectivity index (χ1) is 15.6. The van der Waals surface area contributed by atoms with Gasteiger partial charge in [-0.25, -0.2) is 8.42 Å². The zero-order chi connectivity index (χ0) is 24.6. The van der Waals surface area contributed by atoms with E-state index in [4.69, 9.17) is 0 Å². The first-order valence-corrected chi connectivity index (χ1v) is 13.0. The number of carbonyl (C=O) groups excluding carboxylic acids is 2. The SMILES string of the molecule is CC[C@H](C(=O)NC)N(Cc1cccc(C)c1)C(=O)CCCN(c1ccccc1C)S(C)(=O)=O. The fraction of sp³-hybridized carbons (Fsp3) is 0.440. The van der Waals surface area contributed by atoms with Gasteiger partial charge in [-0.05, 0) is 43.9 Å². The molecule has 33 heavy (non-hydrogen) atoms. The van der Waals surface area contributed by atoms with Crippen molar-refractivity contribution < 1.29 is 18.0 Å². The number of carbonyl (C=O) groups is 2. The smallest absolute Gasteiger partial charge is 0.242 e. The third-order valence-electron chi connectivity index (χ3n) is 5.60. The van der Waals surface area contributed by atoms with Crippen LogP contribution in [0, 0.1) is 13.8 Å². The van der Waals surface area contributed by atoms with Crippen molar-refractivity contribution >= 4 is 27.5 Å². The molecule has 0 bridgehead atoms. The lowest BCUT2D eigenvalue weighted by atomic mass is 10.1. The van der Waals surface area contributed by atoms with Crippen LogP contribution in [-0.2, 0) is 26.2 Å². The number of sulfonamides is 1. The average molecular weight is 474 g/mol. The van der Waals surface area contributed by atoms with E-state index in [-0.39, 0.29) is 24.8 Å². The number of aryl methyl sites for hydroxylation is 2. The Bertz CT molecular complexity index is 1070. The molecule has 1 atom stereocenters. The molecule has 0 aromatic heterocycles. The number of anilines is 1. The molecule has 0 aliphatic rings. The van der Waals surface area contributed by atoms with Crippen molar-refractivity contribution in [3.8, 4) is 0 Å². The van der Waals surface area contributed by atoms with Gasteiger partial charge >= 0.3 is 0 Å². The Morgan fingerprint density at radius 1 is 1.06 bits per heavy atom. The fourth-order valence-corrected chi connectivity index (χ4v) is 4.94. The Labute approximate surface area is 197 Å². The van der Waals surface area contributed by atoms with Crippen LogP contribution in [0.3, 0.4) is 0 Å².